The molecule has 0 radical (unpaired) electrons. The Kier molecular flexibility index (Phi) is 11.7. The summed E-state index contributed by atoms with van der Waals surface area (Å²) in [4.78, 5) is 19.4. The molecule has 4 aromatic carbocycles. The normalized spacial score (nSPS) is 15.5. The SMILES string of the molecule is COc1c(Br)c(OC)c2ccccc2c1C(=O)N(C)C[C@@H](CCN1CCC(c2ccccc2S(C)=O)CC1)c1ccc(Cl)c(Cl)c1. The minimum absolute atomic E-state index is 0.0172. The van der Waals surface area contributed by atoms with Crippen molar-refractivity contribution in [3.05, 3.63) is 97.9 Å². The highest BCUT2D eigenvalue weighted by molar-refractivity contribution is 9.10. The van der Waals surface area contributed by atoms with Crippen molar-refractivity contribution in [1.82, 2.24) is 9.80 Å². The maximum Gasteiger partial charge on any atom is 0.258 e. The molecule has 0 spiro atoms. The largest absolute Gasteiger partial charge is 0.495 e. The molecule has 46 heavy (non-hydrogen) atoms. The number of likely N-dealkylation sites (N-methyl/N-ethyl adjacent to an activating group) is 1. The molecule has 0 N–H and O–H groups in total. The molecule has 2 atom stereocenters. The standard InChI is InChI=1S/C36H39BrCl2N2O4S/c1-40(36(42)32-27-10-5-6-11-28(27)34(44-2)33(37)35(32)45-3)22-25(24-13-14-29(38)30(39)21-24)17-20-41-18-15-23(16-19-41)26-9-7-8-12-31(26)46(4)43/h5-14,21,23,25H,15-20,22H2,1-4H3/t25-,46?/m1/s1. The molecule has 0 bridgehead atoms. The molecule has 1 aliphatic rings. The lowest BCUT2D eigenvalue weighted by molar-refractivity contribution is 0.0780. The van der Waals surface area contributed by atoms with Gasteiger partial charge in [-0.2, -0.15) is 0 Å². The summed E-state index contributed by atoms with van der Waals surface area (Å²) in [5.74, 6) is 1.34. The first-order chi connectivity index (χ1) is 22.1. The van der Waals surface area contributed by atoms with Crippen molar-refractivity contribution in [3.63, 3.8) is 0 Å². The summed E-state index contributed by atoms with van der Waals surface area (Å²) in [6, 6.07) is 21.6. The van der Waals surface area contributed by atoms with Crippen LogP contribution in [0.4, 0.5) is 0 Å². The summed E-state index contributed by atoms with van der Waals surface area (Å²) >= 11 is 16.4. The Labute approximate surface area is 292 Å². The Morgan fingerprint density at radius 2 is 1.63 bits per heavy atom. The average molecular weight is 747 g/mol. The molecule has 0 aliphatic carbocycles. The zero-order valence-corrected chi connectivity index (χ0v) is 30.4. The number of hydrogen-bond acceptors (Lipinski definition) is 5. The Bertz CT molecular complexity index is 1750. The number of carbonyl (C=O) groups is 1. The lowest BCUT2D eigenvalue weighted by Crippen LogP contribution is -2.36. The topological polar surface area (TPSA) is 59.1 Å². The number of piperidine rings is 1. The van der Waals surface area contributed by atoms with Gasteiger partial charge in [-0.25, -0.2) is 0 Å². The predicted octanol–water partition coefficient (Wildman–Crippen LogP) is 8.79. The summed E-state index contributed by atoms with van der Waals surface area (Å²) in [6.07, 6.45) is 4.62. The smallest absolute Gasteiger partial charge is 0.258 e. The van der Waals surface area contributed by atoms with Gasteiger partial charge in [0.15, 0.2) is 0 Å². The number of ether oxygens (including phenoxy) is 2. The fraction of sp³-hybridized carbons (Fsp3) is 0.361. The van der Waals surface area contributed by atoms with Crippen LogP contribution in [0.2, 0.25) is 10.0 Å². The summed E-state index contributed by atoms with van der Waals surface area (Å²) in [6.45, 7) is 3.27. The Morgan fingerprint density at radius 1 is 0.978 bits per heavy atom. The van der Waals surface area contributed by atoms with E-state index < -0.39 is 10.8 Å². The number of methoxy groups -OCH3 is 2. The van der Waals surface area contributed by atoms with Gasteiger partial charge in [0.1, 0.15) is 16.0 Å². The third kappa shape index (κ3) is 7.42. The van der Waals surface area contributed by atoms with E-state index >= 15 is 0 Å². The van der Waals surface area contributed by atoms with Gasteiger partial charge in [-0.1, -0.05) is 71.7 Å². The van der Waals surface area contributed by atoms with Crippen molar-refractivity contribution < 1.29 is 18.5 Å². The highest BCUT2D eigenvalue weighted by Gasteiger charge is 2.29. The van der Waals surface area contributed by atoms with Crippen molar-refractivity contribution in [2.45, 2.75) is 36.0 Å². The molecule has 1 fully saturated rings. The minimum Gasteiger partial charge on any atom is -0.495 e. The number of amides is 1. The quantitative estimate of drug-likeness (QED) is 0.154. The van der Waals surface area contributed by atoms with E-state index in [2.05, 4.69) is 26.9 Å². The van der Waals surface area contributed by atoms with E-state index in [1.165, 1.54) is 5.56 Å². The number of carbonyl (C=O) groups excluding carboxylic acids is 1. The van der Waals surface area contributed by atoms with Crippen molar-refractivity contribution in [3.8, 4) is 11.5 Å². The van der Waals surface area contributed by atoms with Gasteiger partial charge in [-0.3, -0.25) is 9.00 Å². The molecule has 0 aromatic heterocycles. The molecular formula is C36H39BrCl2N2O4S. The second-order valence-corrected chi connectivity index (χ2v) is 14.7. The highest BCUT2D eigenvalue weighted by atomic mass is 79.9. The van der Waals surface area contributed by atoms with E-state index in [0.717, 1.165) is 60.1 Å². The number of nitrogens with zero attached hydrogens (tertiary/aromatic N) is 2. The van der Waals surface area contributed by atoms with Crippen molar-refractivity contribution in [2.75, 3.05) is 53.7 Å². The van der Waals surface area contributed by atoms with Gasteiger partial charge >= 0.3 is 0 Å². The zero-order chi connectivity index (χ0) is 33.0. The average Bonchev–Trinajstić information content (AvgIpc) is 3.07. The first-order valence-electron chi connectivity index (χ1n) is 15.3. The number of likely N-dealkylation sites (tertiary alicyclic amines) is 1. The molecule has 1 heterocycles. The summed E-state index contributed by atoms with van der Waals surface area (Å²) in [5, 5.41) is 2.59. The monoisotopic (exact) mass is 744 g/mol. The molecule has 0 saturated carbocycles. The van der Waals surface area contributed by atoms with E-state index in [-0.39, 0.29) is 11.8 Å². The van der Waals surface area contributed by atoms with E-state index in [1.807, 2.05) is 67.7 Å². The maximum atomic E-state index is 14.2. The van der Waals surface area contributed by atoms with Gasteiger partial charge in [-0.05, 0) is 90.1 Å². The predicted molar refractivity (Wildman–Crippen MR) is 193 cm³/mol. The number of benzene rings is 4. The third-order valence-corrected chi connectivity index (χ3v) is 11.4. The van der Waals surface area contributed by atoms with E-state index in [1.54, 1.807) is 25.4 Å². The highest BCUT2D eigenvalue weighted by Crippen LogP contribution is 2.45. The lowest BCUT2D eigenvalue weighted by Gasteiger charge is -2.34. The first-order valence-corrected chi connectivity index (χ1v) is 18.4. The molecule has 10 heteroatoms. The second kappa shape index (κ2) is 15.5. The van der Waals surface area contributed by atoms with E-state index in [0.29, 0.717) is 44.0 Å². The van der Waals surface area contributed by atoms with Crippen LogP contribution in [0.1, 0.15) is 52.6 Å². The van der Waals surface area contributed by atoms with Crippen LogP contribution in [0, 0.1) is 0 Å². The van der Waals surface area contributed by atoms with Gasteiger partial charge < -0.3 is 19.3 Å². The first kappa shape index (κ1) is 34.7. The molecule has 1 unspecified atom stereocenters. The molecule has 1 amide bonds. The molecule has 244 valence electrons. The molecule has 1 aliphatic heterocycles. The van der Waals surface area contributed by atoms with Gasteiger partial charge in [0, 0.05) is 41.4 Å². The Balaban J connectivity index is 1.36. The zero-order valence-electron chi connectivity index (χ0n) is 26.5. The lowest BCUT2D eigenvalue weighted by atomic mass is 9.88. The van der Waals surface area contributed by atoms with Crippen LogP contribution in [0.25, 0.3) is 10.8 Å². The van der Waals surface area contributed by atoms with Gasteiger partial charge in [0.2, 0.25) is 0 Å². The van der Waals surface area contributed by atoms with Crippen LogP contribution in [0.3, 0.4) is 0 Å². The van der Waals surface area contributed by atoms with E-state index in [9.17, 15) is 9.00 Å². The van der Waals surface area contributed by atoms with Crippen LogP contribution in [-0.4, -0.2) is 73.6 Å². The second-order valence-electron chi connectivity index (χ2n) is 11.8. The van der Waals surface area contributed by atoms with Crippen LogP contribution < -0.4 is 9.47 Å². The van der Waals surface area contributed by atoms with Gasteiger partial charge in [0.05, 0.1) is 40.6 Å². The number of halogens is 3. The maximum absolute atomic E-state index is 14.2. The Morgan fingerprint density at radius 3 is 2.28 bits per heavy atom. The summed E-state index contributed by atoms with van der Waals surface area (Å²) in [5.41, 5.74) is 2.73. The Hall–Kier alpha value is -2.62. The van der Waals surface area contributed by atoms with Crippen LogP contribution in [0.5, 0.6) is 11.5 Å². The summed E-state index contributed by atoms with van der Waals surface area (Å²) < 4.78 is 24.4. The molecule has 4 aromatic rings. The number of fused-ring (bicyclic) bond motifs is 1. The van der Waals surface area contributed by atoms with Gasteiger partial charge in [0.25, 0.3) is 5.91 Å². The van der Waals surface area contributed by atoms with Crippen LogP contribution in [-0.2, 0) is 10.8 Å². The van der Waals surface area contributed by atoms with Crippen LogP contribution >= 0.6 is 39.1 Å². The molecule has 5 rings (SSSR count). The summed E-state index contributed by atoms with van der Waals surface area (Å²) in [7, 11) is 4.00. The molecule has 6 nitrogen and oxygen atoms in total. The van der Waals surface area contributed by atoms with Crippen LogP contribution in [0.15, 0.2) is 76.1 Å². The number of hydrogen-bond donors (Lipinski definition) is 0. The fourth-order valence-electron chi connectivity index (χ4n) is 6.58. The van der Waals surface area contributed by atoms with E-state index in [4.69, 9.17) is 32.7 Å². The molecular weight excluding hydrogens is 707 g/mol. The van der Waals surface area contributed by atoms with Gasteiger partial charge in [-0.15, -0.1) is 0 Å². The third-order valence-electron chi connectivity index (χ3n) is 8.99. The van der Waals surface area contributed by atoms with Crippen molar-refractivity contribution in [2.24, 2.45) is 0 Å². The van der Waals surface area contributed by atoms with Crippen molar-refractivity contribution >= 4 is 66.6 Å². The minimum atomic E-state index is -1.01. The molecule has 1 saturated heterocycles. The number of rotatable bonds is 11. The fourth-order valence-corrected chi connectivity index (χ4v) is 8.45. The van der Waals surface area contributed by atoms with Crippen molar-refractivity contribution in [1.29, 1.82) is 0 Å².